The van der Waals surface area contributed by atoms with Crippen molar-refractivity contribution in [1.82, 2.24) is 4.90 Å². The van der Waals surface area contributed by atoms with Crippen LogP contribution in [-0.2, 0) is 0 Å². The van der Waals surface area contributed by atoms with Crippen molar-refractivity contribution in [1.29, 1.82) is 0 Å². The average molecular weight is 302 g/mol. The van der Waals surface area contributed by atoms with E-state index in [2.05, 4.69) is 56.2 Å². The molecule has 2 aliphatic rings. The molecule has 22 heavy (non-hydrogen) atoms. The van der Waals surface area contributed by atoms with E-state index in [9.17, 15) is 0 Å². The van der Waals surface area contributed by atoms with Gasteiger partial charge < -0.3 is 4.90 Å². The minimum absolute atomic E-state index is 0.611. The van der Waals surface area contributed by atoms with Crippen LogP contribution in [0.4, 0.5) is 0 Å². The van der Waals surface area contributed by atoms with Gasteiger partial charge in [-0.05, 0) is 76.9 Å². The van der Waals surface area contributed by atoms with Gasteiger partial charge in [0.2, 0.25) is 0 Å². The zero-order chi connectivity index (χ0) is 15.8. The van der Waals surface area contributed by atoms with Crippen LogP contribution in [0.1, 0.15) is 65.2 Å². The van der Waals surface area contributed by atoms with Gasteiger partial charge in [-0.1, -0.05) is 55.7 Å². The highest BCUT2D eigenvalue weighted by molar-refractivity contribution is 5.18. The Morgan fingerprint density at radius 2 is 2.05 bits per heavy atom. The molecule has 1 aliphatic carbocycles. The van der Waals surface area contributed by atoms with Crippen LogP contribution < -0.4 is 0 Å². The Morgan fingerprint density at radius 3 is 2.73 bits per heavy atom. The highest BCUT2D eigenvalue weighted by Gasteiger charge is 2.41. The lowest BCUT2D eigenvalue weighted by atomic mass is 9.60. The number of unbranched alkanes of at least 4 members (excludes halogenated alkanes) is 1. The first kappa shape index (κ1) is 17.5. The molecule has 0 amide bonds. The lowest BCUT2D eigenvalue weighted by Gasteiger charge is -2.49. The van der Waals surface area contributed by atoms with Gasteiger partial charge in [-0.25, -0.2) is 0 Å². The zero-order valence-electron chi connectivity index (χ0n) is 15.0. The molecular formula is C21H35N. The largest absolute Gasteiger partial charge is 0.306 e. The van der Waals surface area contributed by atoms with Crippen molar-refractivity contribution >= 4 is 0 Å². The first-order valence-corrected chi connectivity index (χ1v) is 9.34. The fourth-order valence-corrected chi connectivity index (χ4v) is 4.32. The third-order valence-electron chi connectivity index (χ3n) is 5.84. The second kappa shape index (κ2) is 8.72. The van der Waals surface area contributed by atoms with Crippen LogP contribution in [0.5, 0.6) is 0 Å². The van der Waals surface area contributed by atoms with E-state index in [1.807, 2.05) is 0 Å². The minimum Gasteiger partial charge on any atom is -0.306 e. The van der Waals surface area contributed by atoms with Crippen molar-refractivity contribution < 1.29 is 0 Å². The van der Waals surface area contributed by atoms with Gasteiger partial charge in [0, 0.05) is 0 Å². The van der Waals surface area contributed by atoms with Crippen LogP contribution in [-0.4, -0.2) is 25.0 Å². The van der Waals surface area contributed by atoms with Crippen LogP contribution in [0.25, 0.3) is 0 Å². The highest BCUT2D eigenvalue weighted by Crippen LogP contribution is 2.50. The summed E-state index contributed by atoms with van der Waals surface area (Å²) in [5, 5.41) is 0. The SMILES string of the molecule is C/C=C\C=CCC1=CCC(CCCC)C2(CCN(C)CC2)C1. The smallest absolute Gasteiger partial charge is 0.00163 e. The standard InChI is InChI=1S/C21H35N/c1-4-6-8-9-10-19-12-13-20(11-7-5-2)21(18-19)14-16-22(3)17-15-21/h4,6,8-9,12,20H,5,7,10-11,13-18H2,1-3H3/b6-4-,9-8?. The third-order valence-corrected chi connectivity index (χ3v) is 5.84. The van der Waals surface area contributed by atoms with E-state index >= 15 is 0 Å². The fraction of sp³-hybridized carbons (Fsp3) is 0.714. The van der Waals surface area contributed by atoms with Crippen LogP contribution in [0.3, 0.4) is 0 Å². The van der Waals surface area contributed by atoms with Gasteiger partial charge in [0.15, 0.2) is 0 Å². The minimum atomic E-state index is 0.611. The summed E-state index contributed by atoms with van der Waals surface area (Å²) in [6.07, 6.45) is 22.2. The monoisotopic (exact) mass is 301 g/mol. The Bertz CT molecular complexity index is 408. The molecule has 1 atom stereocenters. The molecule has 1 heteroatoms. The van der Waals surface area contributed by atoms with E-state index < -0.39 is 0 Å². The van der Waals surface area contributed by atoms with Gasteiger partial charge in [-0.2, -0.15) is 0 Å². The number of nitrogens with zero attached hydrogens (tertiary/aromatic N) is 1. The molecule has 0 N–H and O–H groups in total. The molecule has 1 saturated heterocycles. The van der Waals surface area contributed by atoms with Crippen LogP contribution >= 0.6 is 0 Å². The van der Waals surface area contributed by atoms with E-state index in [-0.39, 0.29) is 0 Å². The summed E-state index contributed by atoms with van der Waals surface area (Å²) in [6.45, 7) is 7.00. The molecule has 1 aliphatic heterocycles. The molecule has 1 spiro atoms. The summed E-state index contributed by atoms with van der Waals surface area (Å²) in [4.78, 5) is 2.52. The molecule has 0 radical (unpaired) electrons. The molecule has 0 aromatic rings. The topological polar surface area (TPSA) is 3.24 Å². The Hall–Kier alpha value is -0.820. The first-order valence-electron chi connectivity index (χ1n) is 9.34. The first-order chi connectivity index (χ1) is 10.7. The number of piperidine rings is 1. The number of likely N-dealkylation sites (tertiary alicyclic amines) is 1. The van der Waals surface area contributed by atoms with E-state index in [0.29, 0.717) is 5.41 Å². The molecule has 0 bridgehead atoms. The van der Waals surface area contributed by atoms with Gasteiger partial charge in [0.05, 0.1) is 0 Å². The summed E-state index contributed by atoms with van der Waals surface area (Å²) < 4.78 is 0. The van der Waals surface area contributed by atoms with Gasteiger partial charge >= 0.3 is 0 Å². The van der Waals surface area contributed by atoms with Crippen molar-refractivity contribution in [3.63, 3.8) is 0 Å². The van der Waals surface area contributed by atoms with E-state index in [4.69, 9.17) is 0 Å². The maximum atomic E-state index is 2.57. The van der Waals surface area contributed by atoms with E-state index in [0.717, 1.165) is 12.3 Å². The second-order valence-corrected chi connectivity index (χ2v) is 7.44. The summed E-state index contributed by atoms with van der Waals surface area (Å²) in [7, 11) is 2.29. The number of hydrogen-bond acceptors (Lipinski definition) is 1. The van der Waals surface area contributed by atoms with Crippen molar-refractivity contribution in [2.75, 3.05) is 20.1 Å². The molecule has 2 rings (SSSR count). The van der Waals surface area contributed by atoms with Crippen molar-refractivity contribution in [3.05, 3.63) is 36.0 Å². The summed E-state index contributed by atoms with van der Waals surface area (Å²) in [5.74, 6) is 0.935. The molecule has 1 nitrogen and oxygen atoms in total. The summed E-state index contributed by atoms with van der Waals surface area (Å²) >= 11 is 0. The molecule has 0 aromatic heterocycles. The molecule has 0 saturated carbocycles. The lowest BCUT2D eigenvalue weighted by Crippen LogP contribution is -2.44. The van der Waals surface area contributed by atoms with Gasteiger partial charge in [0.25, 0.3) is 0 Å². The predicted octanol–water partition coefficient (Wildman–Crippen LogP) is 5.75. The van der Waals surface area contributed by atoms with Crippen molar-refractivity contribution in [2.24, 2.45) is 11.3 Å². The summed E-state index contributed by atoms with van der Waals surface area (Å²) in [6, 6.07) is 0. The molecule has 0 aromatic carbocycles. The normalized spacial score (nSPS) is 26.1. The quantitative estimate of drug-likeness (QED) is 0.446. The van der Waals surface area contributed by atoms with Crippen LogP contribution in [0, 0.1) is 11.3 Å². The number of rotatable bonds is 6. The van der Waals surface area contributed by atoms with Crippen molar-refractivity contribution in [2.45, 2.75) is 65.2 Å². The Balaban J connectivity index is 2.04. The fourth-order valence-electron chi connectivity index (χ4n) is 4.32. The summed E-state index contributed by atoms with van der Waals surface area (Å²) in [5.41, 5.74) is 2.30. The zero-order valence-corrected chi connectivity index (χ0v) is 15.0. The highest BCUT2D eigenvalue weighted by atomic mass is 15.1. The van der Waals surface area contributed by atoms with Crippen LogP contribution in [0.2, 0.25) is 0 Å². The Labute approximate surface area is 138 Å². The molecule has 124 valence electrons. The Kier molecular flexibility index (Phi) is 6.95. The Morgan fingerprint density at radius 1 is 1.27 bits per heavy atom. The lowest BCUT2D eigenvalue weighted by molar-refractivity contribution is 0.0463. The molecule has 1 heterocycles. The predicted molar refractivity (Wildman–Crippen MR) is 98.1 cm³/mol. The van der Waals surface area contributed by atoms with E-state index in [1.165, 1.54) is 58.0 Å². The van der Waals surface area contributed by atoms with Gasteiger partial charge in [0.1, 0.15) is 0 Å². The number of hydrogen-bond donors (Lipinski definition) is 0. The molecule has 1 fully saturated rings. The van der Waals surface area contributed by atoms with Crippen LogP contribution in [0.15, 0.2) is 36.0 Å². The maximum Gasteiger partial charge on any atom is -0.00163 e. The van der Waals surface area contributed by atoms with Gasteiger partial charge in [-0.3, -0.25) is 0 Å². The van der Waals surface area contributed by atoms with E-state index in [1.54, 1.807) is 5.57 Å². The number of allylic oxidation sites excluding steroid dienone is 6. The molecular weight excluding hydrogens is 266 g/mol. The maximum absolute atomic E-state index is 2.57. The average Bonchev–Trinajstić information content (AvgIpc) is 2.54. The molecule has 1 unspecified atom stereocenters. The third kappa shape index (κ3) is 4.59. The second-order valence-electron chi connectivity index (χ2n) is 7.44. The van der Waals surface area contributed by atoms with Gasteiger partial charge in [-0.15, -0.1) is 0 Å². The van der Waals surface area contributed by atoms with Crippen molar-refractivity contribution in [3.8, 4) is 0 Å².